The van der Waals surface area contributed by atoms with E-state index in [-0.39, 0.29) is 11.7 Å². The summed E-state index contributed by atoms with van der Waals surface area (Å²) in [5, 5.41) is 5.74. The molecule has 1 fully saturated rings. The summed E-state index contributed by atoms with van der Waals surface area (Å²) < 4.78 is 18.4. The summed E-state index contributed by atoms with van der Waals surface area (Å²) in [5.41, 5.74) is 0.925. The van der Waals surface area contributed by atoms with Crippen LogP contribution in [0.1, 0.15) is 10.4 Å². The highest BCUT2D eigenvalue weighted by molar-refractivity contribution is 5.93. The van der Waals surface area contributed by atoms with Crippen molar-refractivity contribution in [3.8, 4) is 0 Å². The highest BCUT2D eigenvalue weighted by Crippen LogP contribution is 2.13. The van der Waals surface area contributed by atoms with E-state index in [1.165, 1.54) is 24.5 Å². The molecule has 1 aromatic carbocycles. The monoisotopic (exact) mass is 345 g/mol. The number of aromatic nitrogens is 2. The van der Waals surface area contributed by atoms with Gasteiger partial charge in [-0.3, -0.25) is 9.69 Å². The lowest BCUT2D eigenvalue weighted by molar-refractivity contribution is 0.0383. The molecule has 0 unspecified atom stereocenters. The summed E-state index contributed by atoms with van der Waals surface area (Å²) in [5.74, 6) is -0.262. The third-order valence-electron chi connectivity index (χ3n) is 3.81. The van der Waals surface area contributed by atoms with Gasteiger partial charge < -0.3 is 15.4 Å². The maximum Gasteiger partial charge on any atom is 0.254 e. The van der Waals surface area contributed by atoms with E-state index in [2.05, 4.69) is 25.5 Å². The van der Waals surface area contributed by atoms with Crippen LogP contribution < -0.4 is 10.6 Å². The SMILES string of the molecule is O=C(NCCN1CCOCC1)c1cnc(Nc2cccc(F)c2)nc1. The average molecular weight is 345 g/mol. The molecule has 1 saturated heterocycles. The summed E-state index contributed by atoms with van der Waals surface area (Å²) in [7, 11) is 0. The minimum atomic E-state index is -0.346. The molecule has 25 heavy (non-hydrogen) atoms. The van der Waals surface area contributed by atoms with Crippen molar-refractivity contribution in [2.75, 3.05) is 44.7 Å². The summed E-state index contributed by atoms with van der Waals surface area (Å²) in [6.07, 6.45) is 2.89. The van der Waals surface area contributed by atoms with Crippen molar-refractivity contribution in [2.24, 2.45) is 0 Å². The number of ether oxygens (including phenoxy) is 1. The van der Waals surface area contributed by atoms with Crippen LogP contribution in [0.15, 0.2) is 36.7 Å². The number of morpholine rings is 1. The van der Waals surface area contributed by atoms with E-state index in [1.807, 2.05) is 0 Å². The molecule has 2 heterocycles. The fraction of sp³-hybridized carbons (Fsp3) is 0.353. The molecule has 1 aliphatic rings. The summed E-state index contributed by atoms with van der Waals surface area (Å²) >= 11 is 0. The number of nitrogens with zero attached hydrogens (tertiary/aromatic N) is 3. The maximum absolute atomic E-state index is 13.1. The zero-order chi connectivity index (χ0) is 17.5. The molecule has 3 rings (SSSR count). The number of carbonyl (C=O) groups is 1. The Labute approximate surface area is 145 Å². The van der Waals surface area contributed by atoms with E-state index >= 15 is 0 Å². The summed E-state index contributed by atoms with van der Waals surface area (Å²) in [6, 6.07) is 6.00. The third-order valence-corrected chi connectivity index (χ3v) is 3.81. The Bertz CT molecular complexity index is 704. The highest BCUT2D eigenvalue weighted by atomic mass is 19.1. The maximum atomic E-state index is 13.1. The quantitative estimate of drug-likeness (QED) is 0.824. The molecule has 1 amide bonds. The number of rotatable bonds is 6. The van der Waals surface area contributed by atoms with E-state index in [1.54, 1.807) is 12.1 Å². The third kappa shape index (κ3) is 5.20. The molecule has 2 N–H and O–H groups in total. The van der Waals surface area contributed by atoms with Crippen LogP contribution in [-0.2, 0) is 4.74 Å². The molecule has 0 saturated carbocycles. The van der Waals surface area contributed by atoms with Gasteiger partial charge in [0.05, 0.1) is 18.8 Å². The first-order chi connectivity index (χ1) is 12.2. The number of carbonyl (C=O) groups excluding carboxylic acids is 1. The van der Waals surface area contributed by atoms with Gasteiger partial charge >= 0.3 is 0 Å². The van der Waals surface area contributed by atoms with Crippen LogP contribution in [-0.4, -0.2) is 60.2 Å². The summed E-state index contributed by atoms with van der Waals surface area (Å²) in [4.78, 5) is 22.5. The lowest BCUT2D eigenvalue weighted by Crippen LogP contribution is -2.41. The van der Waals surface area contributed by atoms with Crippen molar-refractivity contribution in [1.29, 1.82) is 0 Å². The Morgan fingerprint density at radius 1 is 1.24 bits per heavy atom. The van der Waals surface area contributed by atoms with Crippen molar-refractivity contribution < 1.29 is 13.9 Å². The normalized spacial score (nSPS) is 14.9. The van der Waals surface area contributed by atoms with E-state index in [9.17, 15) is 9.18 Å². The second-order valence-electron chi connectivity index (χ2n) is 5.64. The smallest absolute Gasteiger partial charge is 0.254 e. The molecule has 1 aromatic heterocycles. The molecular weight excluding hydrogens is 325 g/mol. The molecule has 0 radical (unpaired) electrons. The van der Waals surface area contributed by atoms with Crippen LogP contribution in [0, 0.1) is 5.82 Å². The zero-order valence-electron chi connectivity index (χ0n) is 13.7. The average Bonchev–Trinajstić information content (AvgIpc) is 2.63. The van der Waals surface area contributed by atoms with Crippen molar-refractivity contribution in [3.05, 3.63) is 48.0 Å². The minimum Gasteiger partial charge on any atom is -0.379 e. The predicted molar refractivity (Wildman–Crippen MR) is 91.3 cm³/mol. The van der Waals surface area contributed by atoms with Crippen molar-refractivity contribution >= 4 is 17.5 Å². The number of benzene rings is 1. The van der Waals surface area contributed by atoms with Gasteiger partial charge in [-0.05, 0) is 18.2 Å². The number of anilines is 2. The van der Waals surface area contributed by atoms with Gasteiger partial charge in [0.1, 0.15) is 5.82 Å². The molecule has 0 spiro atoms. The Hall–Kier alpha value is -2.58. The van der Waals surface area contributed by atoms with Crippen molar-refractivity contribution in [3.63, 3.8) is 0 Å². The zero-order valence-corrected chi connectivity index (χ0v) is 13.7. The first kappa shape index (κ1) is 17.2. The standard InChI is InChI=1S/C17H20FN5O2/c18-14-2-1-3-15(10-14)22-17-20-11-13(12-21-17)16(24)19-4-5-23-6-8-25-9-7-23/h1-3,10-12H,4-9H2,(H,19,24)(H,20,21,22). The molecule has 2 aromatic rings. The molecule has 132 valence electrons. The Kier molecular flexibility index (Phi) is 5.86. The second kappa shape index (κ2) is 8.50. The molecular formula is C17H20FN5O2. The molecule has 0 bridgehead atoms. The predicted octanol–water partition coefficient (Wildman–Crippen LogP) is 1.42. The molecule has 0 atom stereocenters. The van der Waals surface area contributed by atoms with Gasteiger partial charge in [0, 0.05) is 44.3 Å². The number of hydrogen-bond donors (Lipinski definition) is 2. The van der Waals surface area contributed by atoms with E-state index < -0.39 is 0 Å². The number of amides is 1. The molecule has 1 aliphatic heterocycles. The van der Waals surface area contributed by atoms with Crippen LogP contribution in [0.3, 0.4) is 0 Å². The first-order valence-electron chi connectivity index (χ1n) is 8.14. The largest absolute Gasteiger partial charge is 0.379 e. The van der Waals surface area contributed by atoms with E-state index in [4.69, 9.17) is 4.74 Å². The van der Waals surface area contributed by atoms with Gasteiger partial charge in [-0.2, -0.15) is 0 Å². The van der Waals surface area contributed by atoms with Crippen molar-refractivity contribution in [1.82, 2.24) is 20.2 Å². The lowest BCUT2D eigenvalue weighted by atomic mass is 10.3. The van der Waals surface area contributed by atoms with Gasteiger partial charge in [-0.15, -0.1) is 0 Å². The van der Waals surface area contributed by atoms with Crippen LogP contribution in [0.5, 0.6) is 0 Å². The van der Waals surface area contributed by atoms with Gasteiger partial charge in [-0.25, -0.2) is 14.4 Å². The lowest BCUT2D eigenvalue weighted by Gasteiger charge is -2.26. The van der Waals surface area contributed by atoms with Gasteiger partial charge in [0.2, 0.25) is 5.95 Å². The van der Waals surface area contributed by atoms with Gasteiger partial charge in [0.15, 0.2) is 0 Å². The minimum absolute atomic E-state index is 0.217. The number of nitrogens with one attached hydrogen (secondary N) is 2. The molecule has 7 nitrogen and oxygen atoms in total. The van der Waals surface area contributed by atoms with Gasteiger partial charge in [0.25, 0.3) is 5.91 Å². The van der Waals surface area contributed by atoms with E-state index in [0.29, 0.717) is 23.7 Å². The topological polar surface area (TPSA) is 79.4 Å². The second-order valence-corrected chi connectivity index (χ2v) is 5.64. The Morgan fingerprint density at radius 3 is 2.72 bits per heavy atom. The van der Waals surface area contributed by atoms with Gasteiger partial charge in [-0.1, -0.05) is 6.07 Å². The first-order valence-corrected chi connectivity index (χ1v) is 8.14. The fourth-order valence-corrected chi connectivity index (χ4v) is 2.46. The van der Waals surface area contributed by atoms with Crippen LogP contribution >= 0.6 is 0 Å². The molecule has 8 heteroatoms. The van der Waals surface area contributed by atoms with Crippen LogP contribution in [0.2, 0.25) is 0 Å². The van der Waals surface area contributed by atoms with E-state index in [0.717, 1.165) is 32.8 Å². The molecule has 0 aliphatic carbocycles. The Morgan fingerprint density at radius 2 is 2.00 bits per heavy atom. The fourth-order valence-electron chi connectivity index (χ4n) is 2.46. The highest BCUT2D eigenvalue weighted by Gasteiger charge is 2.11. The number of hydrogen-bond acceptors (Lipinski definition) is 6. The Balaban J connectivity index is 1.48. The van der Waals surface area contributed by atoms with Crippen LogP contribution in [0.4, 0.5) is 16.0 Å². The summed E-state index contributed by atoms with van der Waals surface area (Å²) in [6.45, 7) is 4.60. The van der Waals surface area contributed by atoms with Crippen molar-refractivity contribution in [2.45, 2.75) is 0 Å². The van der Waals surface area contributed by atoms with Crippen LogP contribution in [0.25, 0.3) is 0 Å². The number of halogens is 1.